The zero-order valence-electron chi connectivity index (χ0n) is 7.99. The second-order valence-electron chi connectivity index (χ2n) is 2.60. The predicted octanol–water partition coefficient (Wildman–Crippen LogP) is 3.32. The van der Waals surface area contributed by atoms with E-state index in [1.54, 1.807) is 0 Å². The van der Waals surface area contributed by atoms with Crippen LogP contribution in [0.3, 0.4) is 0 Å². The molecule has 2 N–H and O–H groups in total. The van der Waals surface area contributed by atoms with Gasteiger partial charge in [-0.1, -0.05) is 26.7 Å². The van der Waals surface area contributed by atoms with Crippen LogP contribution in [0.25, 0.3) is 0 Å². The maximum Gasteiger partial charge on any atom is 0.0302 e. The molecule has 0 atom stereocenters. The molecule has 2 heteroatoms. The summed E-state index contributed by atoms with van der Waals surface area (Å²) in [6.45, 7) is 6.13. The summed E-state index contributed by atoms with van der Waals surface area (Å²) >= 11 is 5.38. The molecular weight excluding hydrogens is 158 g/mol. The van der Waals surface area contributed by atoms with Crippen LogP contribution < -0.4 is 5.73 Å². The van der Waals surface area contributed by atoms with Crippen molar-refractivity contribution in [3.8, 4) is 0 Å². The number of unbranched alkanes of at least 4 members (excludes halogenated alkanes) is 2. The molecule has 1 radical (unpaired) electrons. The van der Waals surface area contributed by atoms with Crippen molar-refractivity contribution >= 4 is 11.6 Å². The summed E-state index contributed by atoms with van der Waals surface area (Å²) in [5.74, 6) is 0.827. The third kappa shape index (κ3) is 25.3. The Morgan fingerprint density at radius 1 is 1.27 bits per heavy atom. The average Bonchev–Trinajstić information content (AvgIpc) is 2.02. The maximum atomic E-state index is 5.38. The predicted molar refractivity (Wildman–Crippen MR) is 53.6 cm³/mol. The normalized spacial score (nSPS) is 9.27. The Balaban J connectivity index is 0. The molecule has 11 heavy (non-hydrogen) atoms. The molecule has 0 unspecified atom stereocenters. The molecule has 0 saturated carbocycles. The minimum Gasteiger partial charge on any atom is -0.324 e. The van der Waals surface area contributed by atoms with Crippen LogP contribution in [0.1, 0.15) is 46.5 Å². The van der Waals surface area contributed by atoms with Gasteiger partial charge in [0.1, 0.15) is 0 Å². The van der Waals surface area contributed by atoms with Crippen molar-refractivity contribution in [2.45, 2.75) is 46.5 Å². The maximum absolute atomic E-state index is 5.38. The highest BCUT2D eigenvalue weighted by molar-refractivity contribution is 6.17. The van der Waals surface area contributed by atoms with E-state index in [-0.39, 0.29) is 0 Å². The van der Waals surface area contributed by atoms with E-state index in [1.807, 2.05) is 13.8 Å². The molecule has 69 valence electrons. The lowest BCUT2D eigenvalue weighted by molar-refractivity contribution is 0.776. The first kappa shape index (κ1) is 13.8. The SMILES string of the molecule is CCCCCCl.CC[C](C)N. The van der Waals surface area contributed by atoms with E-state index in [1.165, 1.54) is 19.3 Å². The Morgan fingerprint density at radius 2 is 1.73 bits per heavy atom. The van der Waals surface area contributed by atoms with Crippen LogP contribution in [0.15, 0.2) is 0 Å². The fraction of sp³-hybridized carbons (Fsp3) is 0.889. The van der Waals surface area contributed by atoms with E-state index in [4.69, 9.17) is 17.3 Å². The third-order valence-electron chi connectivity index (χ3n) is 1.29. The Labute approximate surface area is 76.3 Å². The second-order valence-corrected chi connectivity index (χ2v) is 2.97. The van der Waals surface area contributed by atoms with Gasteiger partial charge in [0.25, 0.3) is 0 Å². The van der Waals surface area contributed by atoms with Crippen LogP contribution in [-0.2, 0) is 0 Å². The fourth-order valence-electron chi connectivity index (χ4n) is 0.344. The molecule has 0 spiro atoms. The number of rotatable bonds is 4. The molecule has 0 aliphatic carbocycles. The highest BCUT2D eigenvalue weighted by Gasteiger charge is 1.81. The summed E-state index contributed by atoms with van der Waals surface area (Å²) in [6, 6.07) is 1.00. The van der Waals surface area contributed by atoms with Crippen molar-refractivity contribution in [1.29, 1.82) is 0 Å². The van der Waals surface area contributed by atoms with Crippen molar-refractivity contribution in [3.63, 3.8) is 0 Å². The van der Waals surface area contributed by atoms with Gasteiger partial charge < -0.3 is 5.73 Å². The Bertz CT molecular complexity index is 51.5. The molecule has 0 bridgehead atoms. The van der Waals surface area contributed by atoms with E-state index in [2.05, 4.69) is 6.92 Å². The lowest BCUT2D eigenvalue weighted by atomic mass is 10.3. The minimum atomic E-state index is 0.827. The monoisotopic (exact) mass is 178 g/mol. The van der Waals surface area contributed by atoms with Crippen molar-refractivity contribution in [3.05, 3.63) is 6.04 Å². The quantitative estimate of drug-likeness (QED) is 0.519. The standard InChI is InChI=1S/C5H11Cl.C4H10N/c1-2-3-4-5-6;1-3-4(2)5/h2-5H2,1H3;3,5H2,1-2H3. The lowest BCUT2D eigenvalue weighted by Crippen LogP contribution is -2.00. The van der Waals surface area contributed by atoms with Gasteiger partial charge in [0.15, 0.2) is 0 Å². The molecule has 0 rings (SSSR count). The molecule has 0 aromatic heterocycles. The zero-order chi connectivity index (χ0) is 9.11. The summed E-state index contributed by atoms with van der Waals surface area (Å²) in [6.07, 6.45) is 4.73. The Morgan fingerprint density at radius 3 is 1.82 bits per heavy atom. The van der Waals surface area contributed by atoms with E-state index >= 15 is 0 Å². The zero-order valence-corrected chi connectivity index (χ0v) is 8.75. The van der Waals surface area contributed by atoms with Gasteiger partial charge in [0, 0.05) is 11.9 Å². The molecule has 0 aliphatic rings. The summed E-state index contributed by atoms with van der Waals surface area (Å²) in [5, 5.41) is 0. The van der Waals surface area contributed by atoms with Crippen molar-refractivity contribution < 1.29 is 0 Å². The van der Waals surface area contributed by atoms with Crippen LogP contribution >= 0.6 is 11.6 Å². The van der Waals surface area contributed by atoms with Gasteiger partial charge in [0.2, 0.25) is 0 Å². The molecule has 0 fully saturated rings. The molecule has 0 aromatic carbocycles. The van der Waals surface area contributed by atoms with Gasteiger partial charge >= 0.3 is 0 Å². The average molecular weight is 179 g/mol. The smallest absolute Gasteiger partial charge is 0.0302 e. The topological polar surface area (TPSA) is 26.0 Å². The van der Waals surface area contributed by atoms with Crippen molar-refractivity contribution in [2.24, 2.45) is 5.73 Å². The van der Waals surface area contributed by atoms with Crippen LogP contribution in [-0.4, -0.2) is 5.88 Å². The summed E-state index contributed by atoms with van der Waals surface area (Å²) in [5.41, 5.74) is 5.21. The van der Waals surface area contributed by atoms with E-state index < -0.39 is 0 Å². The van der Waals surface area contributed by atoms with Crippen LogP contribution in [0.5, 0.6) is 0 Å². The summed E-state index contributed by atoms with van der Waals surface area (Å²) in [4.78, 5) is 0. The Hall–Kier alpha value is 0.250. The number of alkyl halides is 1. The number of hydrogen-bond donors (Lipinski definition) is 1. The van der Waals surface area contributed by atoms with Gasteiger partial charge in [-0.3, -0.25) is 0 Å². The third-order valence-corrected chi connectivity index (χ3v) is 1.56. The molecule has 0 heterocycles. The van der Waals surface area contributed by atoms with Crippen LogP contribution in [0.4, 0.5) is 0 Å². The summed E-state index contributed by atoms with van der Waals surface area (Å²) in [7, 11) is 0. The van der Waals surface area contributed by atoms with E-state index in [9.17, 15) is 0 Å². The van der Waals surface area contributed by atoms with Crippen molar-refractivity contribution in [1.82, 2.24) is 0 Å². The fourth-order valence-corrected chi connectivity index (χ4v) is 0.533. The molecule has 0 aromatic rings. The minimum absolute atomic E-state index is 0.827. The van der Waals surface area contributed by atoms with Gasteiger partial charge in [-0.05, 0) is 19.8 Å². The molecule has 0 saturated heterocycles. The van der Waals surface area contributed by atoms with Gasteiger partial charge in [-0.15, -0.1) is 11.6 Å². The van der Waals surface area contributed by atoms with Crippen LogP contribution in [0, 0.1) is 6.04 Å². The van der Waals surface area contributed by atoms with E-state index in [0.717, 1.165) is 18.3 Å². The molecule has 0 amide bonds. The van der Waals surface area contributed by atoms with Gasteiger partial charge in [0.05, 0.1) is 0 Å². The highest BCUT2D eigenvalue weighted by atomic mass is 35.5. The van der Waals surface area contributed by atoms with Gasteiger partial charge in [-0.2, -0.15) is 0 Å². The molecular formula is C9H21ClN. The van der Waals surface area contributed by atoms with Crippen molar-refractivity contribution in [2.75, 3.05) is 5.88 Å². The lowest BCUT2D eigenvalue weighted by Gasteiger charge is -1.90. The largest absolute Gasteiger partial charge is 0.324 e. The first-order chi connectivity index (χ1) is 5.18. The number of halogens is 1. The summed E-state index contributed by atoms with van der Waals surface area (Å²) < 4.78 is 0. The van der Waals surface area contributed by atoms with E-state index in [0.29, 0.717) is 0 Å². The second kappa shape index (κ2) is 12.9. The molecule has 1 nitrogen and oxygen atoms in total. The highest BCUT2D eigenvalue weighted by Crippen LogP contribution is 1.93. The first-order valence-electron chi connectivity index (χ1n) is 4.32. The first-order valence-corrected chi connectivity index (χ1v) is 4.86. The number of nitrogens with two attached hydrogens (primary N) is 1. The Kier molecular flexibility index (Phi) is 16.2. The van der Waals surface area contributed by atoms with Gasteiger partial charge in [-0.25, -0.2) is 0 Å². The number of hydrogen-bond acceptors (Lipinski definition) is 1. The molecule has 0 aliphatic heterocycles. The van der Waals surface area contributed by atoms with Crippen LogP contribution in [0.2, 0.25) is 0 Å².